The summed E-state index contributed by atoms with van der Waals surface area (Å²) in [6, 6.07) is 0.865. The van der Waals surface area contributed by atoms with Crippen LogP contribution in [0.2, 0.25) is 0 Å². The van der Waals surface area contributed by atoms with Crippen LogP contribution in [0.25, 0.3) is 0 Å². The van der Waals surface area contributed by atoms with Crippen LogP contribution in [0.15, 0.2) is 0 Å². The predicted molar refractivity (Wildman–Crippen MR) is 119 cm³/mol. The van der Waals surface area contributed by atoms with E-state index < -0.39 is 0 Å². The van der Waals surface area contributed by atoms with Crippen LogP contribution < -0.4 is 0 Å². The van der Waals surface area contributed by atoms with E-state index in [1.54, 1.807) is 0 Å². The molecule has 0 N–H and O–H groups in total. The van der Waals surface area contributed by atoms with Gasteiger partial charge >= 0.3 is 0 Å². The first-order chi connectivity index (χ1) is 14.1. The zero-order chi connectivity index (χ0) is 19.9. The molecule has 3 saturated heterocycles. The fourth-order valence-corrected chi connectivity index (χ4v) is 7.12. The van der Waals surface area contributed by atoms with Gasteiger partial charge in [0.1, 0.15) is 0 Å². The number of rotatable bonds is 6. The van der Waals surface area contributed by atoms with Crippen molar-refractivity contribution in [2.75, 3.05) is 52.9 Å². The van der Waals surface area contributed by atoms with Crippen molar-refractivity contribution in [2.45, 2.75) is 95.8 Å². The van der Waals surface area contributed by atoms with Gasteiger partial charge in [0.2, 0.25) is 0 Å². The van der Waals surface area contributed by atoms with Crippen molar-refractivity contribution in [3.8, 4) is 0 Å². The zero-order valence-electron chi connectivity index (χ0n) is 19.2. The van der Waals surface area contributed by atoms with Crippen LogP contribution in [0.3, 0.4) is 0 Å². The molecule has 3 aliphatic heterocycles. The van der Waals surface area contributed by atoms with E-state index in [1.165, 1.54) is 116 Å². The molecule has 0 unspecified atom stereocenters. The number of likely N-dealkylation sites (tertiary alicyclic amines) is 3. The van der Waals surface area contributed by atoms with E-state index in [4.69, 9.17) is 4.74 Å². The molecular formula is C25H45N3O. The SMILES string of the molecule is CCC1(CN2CCC(OC3CCN(C4CCC5(CC4)CN(C)C5)CC3)CC2)CC1. The van der Waals surface area contributed by atoms with Gasteiger partial charge in [-0.1, -0.05) is 6.92 Å². The van der Waals surface area contributed by atoms with Gasteiger partial charge in [0.15, 0.2) is 0 Å². The Morgan fingerprint density at radius 1 is 0.793 bits per heavy atom. The molecule has 2 saturated carbocycles. The number of ether oxygens (including phenoxy) is 1. The van der Waals surface area contributed by atoms with E-state index in [0.29, 0.717) is 23.0 Å². The van der Waals surface area contributed by atoms with Gasteiger partial charge < -0.3 is 19.4 Å². The van der Waals surface area contributed by atoms with Crippen LogP contribution in [0, 0.1) is 10.8 Å². The normalized spacial score (nSPS) is 32.5. The lowest BCUT2D eigenvalue weighted by Crippen LogP contribution is -2.57. The van der Waals surface area contributed by atoms with Crippen LogP contribution in [-0.2, 0) is 4.74 Å². The van der Waals surface area contributed by atoms with Crippen LogP contribution >= 0.6 is 0 Å². The van der Waals surface area contributed by atoms with Gasteiger partial charge in [0.05, 0.1) is 12.2 Å². The van der Waals surface area contributed by atoms with Crippen LogP contribution in [-0.4, -0.2) is 85.8 Å². The number of nitrogens with zero attached hydrogens (tertiary/aromatic N) is 3. The van der Waals surface area contributed by atoms with Crippen molar-refractivity contribution in [3.05, 3.63) is 0 Å². The summed E-state index contributed by atoms with van der Waals surface area (Å²) in [5, 5.41) is 0. The maximum absolute atomic E-state index is 6.60. The lowest BCUT2D eigenvalue weighted by Gasteiger charge is -2.54. The molecule has 4 heteroatoms. The van der Waals surface area contributed by atoms with Gasteiger partial charge in [-0.05, 0) is 88.5 Å². The molecule has 0 atom stereocenters. The van der Waals surface area contributed by atoms with Gasteiger partial charge in [-0.25, -0.2) is 0 Å². The van der Waals surface area contributed by atoms with E-state index >= 15 is 0 Å². The third-order valence-electron chi connectivity index (χ3n) is 9.41. The Morgan fingerprint density at radius 2 is 1.38 bits per heavy atom. The summed E-state index contributed by atoms with van der Waals surface area (Å²) < 4.78 is 6.60. The molecule has 29 heavy (non-hydrogen) atoms. The molecule has 0 bridgehead atoms. The highest BCUT2D eigenvalue weighted by Crippen LogP contribution is 2.49. The minimum atomic E-state index is 0.531. The fourth-order valence-electron chi connectivity index (χ4n) is 7.12. The topological polar surface area (TPSA) is 19.0 Å². The van der Waals surface area contributed by atoms with Crippen LogP contribution in [0.1, 0.15) is 77.6 Å². The van der Waals surface area contributed by atoms with E-state index in [2.05, 4.69) is 28.7 Å². The largest absolute Gasteiger partial charge is 0.375 e. The van der Waals surface area contributed by atoms with Crippen molar-refractivity contribution in [2.24, 2.45) is 10.8 Å². The van der Waals surface area contributed by atoms with Crippen molar-refractivity contribution >= 4 is 0 Å². The van der Waals surface area contributed by atoms with Gasteiger partial charge in [-0.15, -0.1) is 0 Å². The molecule has 3 heterocycles. The molecule has 5 rings (SSSR count). The summed E-state index contributed by atoms with van der Waals surface area (Å²) in [5.74, 6) is 0. The monoisotopic (exact) mass is 403 g/mol. The number of hydrogen-bond acceptors (Lipinski definition) is 4. The average molecular weight is 404 g/mol. The molecule has 1 spiro atoms. The first-order valence-corrected chi connectivity index (χ1v) is 12.9. The third kappa shape index (κ3) is 4.71. The molecule has 0 radical (unpaired) electrons. The summed E-state index contributed by atoms with van der Waals surface area (Å²) in [6.45, 7) is 11.5. The molecule has 5 fully saturated rings. The standard InChI is InChI=1S/C25H45N3O/c1-3-24(12-13-24)20-27-14-6-22(7-15-27)29-23-8-16-28(17-9-23)21-4-10-25(11-5-21)18-26(2)19-25/h21-23H,3-20H2,1-2H3. The summed E-state index contributed by atoms with van der Waals surface area (Å²) in [4.78, 5) is 8.05. The Hall–Kier alpha value is -0.160. The molecule has 166 valence electrons. The number of piperidine rings is 2. The van der Waals surface area contributed by atoms with E-state index in [1.807, 2.05) is 0 Å². The van der Waals surface area contributed by atoms with E-state index in [9.17, 15) is 0 Å². The third-order valence-corrected chi connectivity index (χ3v) is 9.41. The smallest absolute Gasteiger partial charge is 0.0603 e. The first kappa shape index (κ1) is 20.7. The van der Waals surface area contributed by atoms with Crippen LogP contribution in [0.5, 0.6) is 0 Å². The van der Waals surface area contributed by atoms with E-state index in [0.717, 1.165) is 6.04 Å². The first-order valence-electron chi connectivity index (χ1n) is 12.9. The van der Waals surface area contributed by atoms with Crippen molar-refractivity contribution in [3.63, 3.8) is 0 Å². The summed E-state index contributed by atoms with van der Waals surface area (Å²) in [7, 11) is 2.28. The van der Waals surface area contributed by atoms with Gasteiger partial charge in [-0.3, -0.25) is 0 Å². The predicted octanol–water partition coefficient (Wildman–Crippen LogP) is 4.00. The number of hydrogen-bond donors (Lipinski definition) is 0. The van der Waals surface area contributed by atoms with Crippen molar-refractivity contribution < 1.29 is 4.74 Å². The molecule has 0 aromatic rings. The average Bonchev–Trinajstić information content (AvgIpc) is 3.50. The van der Waals surface area contributed by atoms with Gasteiger partial charge in [0, 0.05) is 51.9 Å². The molecule has 4 nitrogen and oxygen atoms in total. The second-order valence-electron chi connectivity index (χ2n) is 11.6. The maximum atomic E-state index is 6.60. The molecule has 2 aliphatic carbocycles. The van der Waals surface area contributed by atoms with E-state index in [-0.39, 0.29) is 0 Å². The van der Waals surface area contributed by atoms with Gasteiger partial charge in [0.25, 0.3) is 0 Å². The highest BCUT2D eigenvalue weighted by Gasteiger charge is 2.45. The molecule has 0 aromatic carbocycles. The lowest BCUT2D eigenvalue weighted by molar-refractivity contribution is -0.0779. The molecule has 5 aliphatic rings. The Balaban J connectivity index is 0.988. The Morgan fingerprint density at radius 3 is 1.90 bits per heavy atom. The molecule has 0 aromatic heterocycles. The Labute approximate surface area is 179 Å². The second-order valence-corrected chi connectivity index (χ2v) is 11.6. The minimum absolute atomic E-state index is 0.531. The maximum Gasteiger partial charge on any atom is 0.0603 e. The molecule has 0 amide bonds. The Kier molecular flexibility index (Phi) is 6.01. The highest BCUT2D eigenvalue weighted by molar-refractivity contribution is 4.99. The summed E-state index contributed by atoms with van der Waals surface area (Å²) in [6.07, 6.45) is 16.3. The summed E-state index contributed by atoms with van der Waals surface area (Å²) in [5.41, 5.74) is 1.41. The molecular weight excluding hydrogens is 358 g/mol. The quantitative estimate of drug-likeness (QED) is 0.667. The Bertz CT molecular complexity index is 530. The van der Waals surface area contributed by atoms with Crippen molar-refractivity contribution in [1.82, 2.24) is 14.7 Å². The zero-order valence-corrected chi connectivity index (χ0v) is 19.2. The van der Waals surface area contributed by atoms with Crippen LogP contribution in [0.4, 0.5) is 0 Å². The van der Waals surface area contributed by atoms with Crippen molar-refractivity contribution in [1.29, 1.82) is 0 Å². The summed E-state index contributed by atoms with van der Waals surface area (Å²) >= 11 is 0. The second kappa shape index (κ2) is 8.41. The fraction of sp³-hybridized carbons (Fsp3) is 1.00. The van der Waals surface area contributed by atoms with Gasteiger partial charge in [-0.2, -0.15) is 0 Å². The lowest BCUT2D eigenvalue weighted by atomic mass is 9.67. The minimum Gasteiger partial charge on any atom is -0.375 e. The highest BCUT2D eigenvalue weighted by atomic mass is 16.5.